The van der Waals surface area contributed by atoms with E-state index in [4.69, 9.17) is 10.5 Å². The highest BCUT2D eigenvalue weighted by Gasteiger charge is 2.35. The van der Waals surface area contributed by atoms with Crippen molar-refractivity contribution in [3.05, 3.63) is 0 Å². The number of likely N-dealkylation sites (N-methyl/N-ethyl adjacent to an activating group) is 1. The lowest BCUT2D eigenvalue weighted by Gasteiger charge is -2.42. The SMILES string of the molecule is CN(CC1(O)CCOCC1)C(CN)C(C)(C)C. The summed E-state index contributed by atoms with van der Waals surface area (Å²) in [5.41, 5.74) is 5.38. The zero-order valence-corrected chi connectivity index (χ0v) is 11.7. The molecular formula is C13H28N2O2. The Morgan fingerprint density at radius 3 is 2.29 bits per heavy atom. The van der Waals surface area contributed by atoms with Crippen LogP contribution in [0.5, 0.6) is 0 Å². The Morgan fingerprint density at radius 1 is 1.35 bits per heavy atom. The van der Waals surface area contributed by atoms with Crippen molar-refractivity contribution in [3.8, 4) is 0 Å². The lowest BCUT2D eigenvalue weighted by atomic mass is 9.84. The molecule has 4 nitrogen and oxygen atoms in total. The van der Waals surface area contributed by atoms with Crippen molar-refractivity contribution in [1.29, 1.82) is 0 Å². The van der Waals surface area contributed by atoms with Gasteiger partial charge in [-0.3, -0.25) is 4.90 Å². The molecule has 1 aliphatic heterocycles. The van der Waals surface area contributed by atoms with E-state index < -0.39 is 5.60 Å². The van der Waals surface area contributed by atoms with Crippen LogP contribution in [0, 0.1) is 5.41 Å². The van der Waals surface area contributed by atoms with Crippen molar-refractivity contribution < 1.29 is 9.84 Å². The number of hydrogen-bond acceptors (Lipinski definition) is 4. The highest BCUT2D eigenvalue weighted by Crippen LogP contribution is 2.27. The molecule has 0 radical (unpaired) electrons. The molecule has 3 N–H and O–H groups in total. The number of hydrogen-bond donors (Lipinski definition) is 2. The van der Waals surface area contributed by atoms with Crippen LogP contribution in [0.1, 0.15) is 33.6 Å². The summed E-state index contributed by atoms with van der Waals surface area (Å²) in [5.74, 6) is 0. The topological polar surface area (TPSA) is 58.7 Å². The molecule has 1 atom stereocenters. The van der Waals surface area contributed by atoms with Gasteiger partial charge in [0.1, 0.15) is 0 Å². The molecule has 0 amide bonds. The van der Waals surface area contributed by atoms with Gasteiger partial charge < -0.3 is 15.6 Å². The van der Waals surface area contributed by atoms with Gasteiger partial charge in [-0.2, -0.15) is 0 Å². The molecule has 0 aromatic heterocycles. The first kappa shape index (κ1) is 14.9. The van der Waals surface area contributed by atoms with Crippen LogP contribution < -0.4 is 5.73 Å². The maximum Gasteiger partial charge on any atom is 0.0817 e. The third-order valence-electron chi connectivity index (χ3n) is 3.72. The molecule has 4 heteroatoms. The minimum absolute atomic E-state index is 0.130. The molecule has 0 spiro atoms. The van der Waals surface area contributed by atoms with Crippen molar-refractivity contribution in [2.45, 2.75) is 45.3 Å². The summed E-state index contributed by atoms with van der Waals surface area (Å²) in [4.78, 5) is 2.20. The van der Waals surface area contributed by atoms with Crippen LogP contribution >= 0.6 is 0 Å². The molecular weight excluding hydrogens is 216 g/mol. The van der Waals surface area contributed by atoms with Crippen LogP contribution in [0.3, 0.4) is 0 Å². The molecule has 0 aromatic rings. The van der Waals surface area contributed by atoms with E-state index >= 15 is 0 Å². The summed E-state index contributed by atoms with van der Waals surface area (Å²) in [7, 11) is 2.05. The highest BCUT2D eigenvalue weighted by atomic mass is 16.5. The van der Waals surface area contributed by atoms with Gasteiger partial charge in [0.25, 0.3) is 0 Å². The van der Waals surface area contributed by atoms with Crippen molar-refractivity contribution in [3.63, 3.8) is 0 Å². The van der Waals surface area contributed by atoms with E-state index in [9.17, 15) is 5.11 Å². The van der Waals surface area contributed by atoms with Crippen LogP contribution in [0.4, 0.5) is 0 Å². The highest BCUT2D eigenvalue weighted by molar-refractivity contribution is 4.89. The van der Waals surface area contributed by atoms with Crippen LogP contribution in [0.2, 0.25) is 0 Å². The molecule has 17 heavy (non-hydrogen) atoms. The lowest BCUT2D eigenvalue weighted by molar-refractivity contribution is -0.0859. The fourth-order valence-electron chi connectivity index (χ4n) is 2.68. The Balaban J connectivity index is 2.60. The summed E-state index contributed by atoms with van der Waals surface area (Å²) < 4.78 is 5.30. The third kappa shape index (κ3) is 4.21. The first-order valence-electron chi connectivity index (χ1n) is 6.49. The standard InChI is InChI=1S/C13H28N2O2/c1-12(2,3)11(9-14)15(4)10-13(16)5-7-17-8-6-13/h11,16H,5-10,14H2,1-4H3. The van der Waals surface area contributed by atoms with Gasteiger partial charge in [0, 0.05) is 45.2 Å². The molecule has 1 rings (SSSR count). The smallest absolute Gasteiger partial charge is 0.0817 e. The van der Waals surface area contributed by atoms with E-state index in [-0.39, 0.29) is 11.5 Å². The van der Waals surface area contributed by atoms with Crippen molar-refractivity contribution in [2.75, 3.05) is 33.4 Å². The Hall–Kier alpha value is -0.160. The molecule has 0 aromatic carbocycles. The predicted molar refractivity (Wildman–Crippen MR) is 69.9 cm³/mol. The van der Waals surface area contributed by atoms with E-state index in [0.717, 1.165) is 12.8 Å². The van der Waals surface area contributed by atoms with E-state index in [0.29, 0.717) is 26.3 Å². The number of rotatable bonds is 4. The second kappa shape index (κ2) is 5.65. The van der Waals surface area contributed by atoms with Gasteiger partial charge in [0.15, 0.2) is 0 Å². The molecule has 0 bridgehead atoms. The van der Waals surface area contributed by atoms with Gasteiger partial charge >= 0.3 is 0 Å². The van der Waals surface area contributed by atoms with Gasteiger partial charge in [-0.05, 0) is 12.5 Å². The average Bonchev–Trinajstić information content (AvgIpc) is 2.16. The van der Waals surface area contributed by atoms with Crippen molar-refractivity contribution in [1.82, 2.24) is 4.90 Å². The summed E-state index contributed by atoms with van der Waals surface area (Å²) in [6.07, 6.45) is 1.44. The third-order valence-corrected chi connectivity index (χ3v) is 3.72. The maximum absolute atomic E-state index is 10.5. The Morgan fingerprint density at radius 2 is 1.88 bits per heavy atom. The minimum atomic E-state index is -0.605. The summed E-state index contributed by atoms with van der Waals surface area (Å²) >= 11 is 0. The van der Waals surface area contributed by atoms with E-state index in [2.05, 4.69) is 32.7 Å². The molecule has 0 aliphatic carbocycles. The summed E-state index contributed by atoms with van der Waals surface area (Å²) in [6.45, 7) is 9.18. The van der Waals surface area contributed by atoms with Crippen LogP contribution in [-0.2, 0) is 4.74 Å². The van der Waals surface area contributed by atoms with Gasteiger partial charge in [0.05, 0.1) is 5.60 Å². The number of nitrogens with two attached hydrogens (primary N) is 1. The zero-order valence-electron chi connectivity index (χ0n) is 11.7. The van der Waals surface area contributed by atoms with E-state index in [1.807, 2.05) is 0 Å². The Labute approximate surface area is 105 Å². The molecule has 1 aliphatic rings. The monoisotopic (exact) mass is 244 g/mol. The molecule has 1 heterocycles. The van der Waals surface area contributed by atoms with Gasteiger partial charge in [0.2, 0.25) is 0 Å². The lowest BCUT2D eigenvalue weighted by Crippen LogP contribution is -2.54. The van der Waals surface area contributed by atoms with Crippen LogP contribution in [0.25, 0.3) is 0 Å². The number of ether oxygens (including phenoxy) is 1. The van der Waals surface area contributed by atoms with E-state index in [1.54, 1.807) is 0 Å². The average molecular weight is 244 g/mol. The second-order valence-electron chi connectivity index (χ2n) is 6.37. The number of aliphatic hydroxyl groups is 1. The largest absolute Gasteiger partial charge is 0.388 e. The predicted octanol–water partition coefficient (Wildman–Crippen LogP) is 0.833. The zero-order chi connectivity index (χ0) is 13.1. The Bertz CT molecular complexity index is 232. The summed E-state index contributed by atoms with van der Waals surface area (Å²) in [5, 5.41) is 10.5. The van der Waals surface area contributed by atoms with Crippen LogP contribution in [0.15, 0.2) is 0 Å². The van der Waals surface area contributed by atoms with Crippen LogP contribution in [-0.4, -0.2) is 55.0 Å². The molecule has 1 fully saturated rings. The Kier molecular flexibility index (Phi) is 4.95. The first-order chi connectivity index (χ1) is 7.78. The normalized spacial score (nSPS) is 22.8. The molecule has 1 saturated heterocycles. The van der Waals surface area contributed by atoms with Gasteiger partial charge in [-0.15, -0.1) is 0 Å². The quantitative estimate of drug-likeness (QED) is 0.769. The van der Waals surface area contributed by atoms with Gasteiger partial charge in [-0.1, -0.05) is 20.8 Å². The fraction of sp³-hybridized carbons (Fsp3) is 1.00. The molecule has 1 unspecified atom stereocenters. The summed E-state index contributed by atoms with van der Waals surface area (Å²) in [6, 6.07) is 0.286. The minimum Gasteiger partial charge on any atom is -0.388 e. The first-order valence-corrected chi connectivity index (χ1v) is 6.49. The molecule has 102 valence electrons. The van der Waals surface area contributed by atoms with Crippen molar-refractivity contribution in [2.24, 2.45) is 11.1 Å². The second-order valence-corrected chi connectivity index (χ2v) is 6.37. The van der Waals surface area contributed by atoms with E-state index in [1.165, 1.54) is 0 Å². The van der Waals surface area contributed by atoms with Crippen molar-refractivity contribution >= 4 is 0 Å². The fourth-order valence-corrected chi connectivity index (χ4v) is 2.68. The van der Waals surface area contributed by atoms with Gasteiger partial charge in [-0.25, -0.2) is 0 Å². The maximum atomic E-state index is 10.5. The number of nitrogens with zero attached hydrogens (tertiary/aromatic N) is 1. The molecule has 0 saturated carbocycles.